The number of nitrogens with one attached hydrogen (secondary N) is 1. The Morgan fingerprint density at radius 3 is 2.69 bits per heavy atom. The maximum atomic E-state index is 12.2. The van der Waals surface area contributed by atoms with E-state index in [0.717, 1.165) is 27.5 Å². The molecule has 0 aliphatic rings. The van der Waals surface area contributed by atoms with E-state index in [2.05, 4.69) is 40.6 Å². The minimum atomic E-state index is -0.0103. The maximum absolute atomic E-state index is 12.2. The van der Waals surface area contributed by atoms with E-state index in [0.29, 0.717) is 12.3 Å². The van der Waals surface area contributed by atoms with Crippen LogP contribution in [-0.2, 0) is 11.3 Å². The van der Waals surface area contributed by atoms with E-state index in [1.54, 1.807) is 13.3 Å². The third-order valence-corrected chi connectivity index (χ3v) is 5.29. The Kier molecular flexibility index (Phi) is 5.78. The molecule has 0 fully saturated rings. The standard InChI is InChI=1S/C21H22N2O2S/c1-14-11-22-19(15(2)21(14)25-3)12-23-20(24)13-26-18-9-8-16-6-4-5-7-17(16)10-18/h4-11H,12-13H2,1-3H3,(H,23,24). The third-order valence-electron chi connectivity index (χ3n) is 4.29. The fraction of sp³-hybridized carbons (Fsp3) is 0.238. The summed E-state index contributed by atoms with van der Waals surface area (Å²) in [7, 11) is 1.65. The number of hydrogen-bond acceptors (Lipinski definition) is 4. The average molecular weight is 366 g/mol. The van der Waals surface area contributed by atoms with Gasteiger partial charge < -0.3 is 10.1 Å². The number of ether oxygens (including phenoxy) is 1. The smallest absolute Gasteiger partial charge is 0.230 e. The summed E-state index contributed by atoms with van der Waals surface area (Å²) in [5, 5.41) is 5.33. The third kappa shape index (κ3) is 4.17. The lowest BCUT2D eigenvalue weighted by Gasteiger charge is -2.12. The topological polar surface area (TPSA) is 51.2 Å². The molecule has 3 aromatic rings. The molecular formula is C21H22N2O2S. The van der Waals surface area contributed by atoms with Crippen LogP contribution in [-0.4, -0.2) is 23.8 Å². The highest BCUT2D eigenvalue weighted by Gasteiger charge is 2.11. The van der Waals surface area contributed by atoms with Gasteiger partial charge >= 0.3 is 0 Å². The summed E-state index contributed by atoms with van der Waals surface area (Å²) >= 11 is 1.54. The monoisotopic (exact) mass is 366 g/mol. The van der Waals surface area contributed by atoms with Crippen LogP contribution >= 0.6 is 11.8 Å². The highest BCUT2D eigenvalue weighted by Crippen LogP contribution is 2.25. The molecule has 1 amide bonds. The molecule has 5 heteroatoms. The van der Waals surface area contributed by atoms with Crippen LogP contribution in [0.3, 0.4) is 0 Å². The highest BCUT2D eigenvalue weighted by molar-refractivity contribution is 8.00. The number of fused-ring (bicyclic) bond motifs is 1. The number of carbonyl (C=O) groups excluding carboxylic acids is 1. The normalized spacial score (nSPS) is 10.7. The van der Waals surface area contributed by atoms with Gasteiger partial charge in [0, 0.05) is 22.2 Å². The Labute approximate surface area is 158 Å². The van der Waals surface area contributed by atoms with E-state index in [1.807, 2.05) is 26.0 Å². The Morgan fingerprint density at radius 1 is 1.15 bits per heavy atom. The van der Waals surface area contributed by atoms with E-state index in [-0.39, 0.29) is 5.91 Å². The largest absolute Gasteiger partial charge is 0.496 e. The van der Waals surface area contributed by atoms with Gasteiger partial charge in [-0.05, 0) is 36.8 Å². The molecule has 1 heterocycles. The quantitative estimate of drug-likeness (QED) is 0.662. The minimum absolute atomic E-state index is 0.0103. The van der Waals surface area contributed by atoms with Crippen molar-refractivity contribution in [2.24, 2.45) is 0 Å². The number of aromatic nitrogens is 1. The second-order valence-corrected chi connectivity index (χ2v) is 7.17. The molecule has 1 N–H and O–H groups in total. The van der Waals surface area contributed by atoms with Crippen LogP contribution in [0.4, 0.5) is 0 Å². The molecule has 134 valence electrons. The second-order valence-electron chi connectivity index (χ2n) is 6.12. The van der Waals surface area contributed by atoms with Gasteiger partial charge in [-0.25, -0.2) is 0 Å². The first kappa shape index (κ1) is 18.3. The van der Waals surface area contributed by atoms with Crippen molar-refractivity contribution in [3.05, 3.63) is 65.5 Å². The molecule has 0 saturated carbocycles. The average Bonchev–Trinajstić information content (AvgIpc) is 2.66. The molecule has 0 spiro atoms. The molecule has 3 rings (SSSR count). The molecule has 0 radical (unpaired) electrons. The van der Waals surface area contributed by atoms with Crippen molar-refractivity contribution in [1.82, 2.24) is 10.3 Å². The number of pyridine rings is 1. The highest BCUT2D eigenvalue weighted by atomic mass is 32.2. The molecule has 0 atom stereocenters. The number of nitrogens with zero attached hydrogens (tertiary/aromatic N) is 1. The van der Waals surface area contributed by atoms with Gasteiger partial charge in [-0.2, -0.15) is 0 Å². The van der Waals surface area contributed by atoms with Gasteiger partial charge in [-0.15, -0.1) is 11.8 Å². The van der Waals surface area contributed by atoms with E-state index >= 15 is 0 Å². The first-order valence-corrected chi connectivity index (χ1v) is 9.44. The number of methoxy groups -OCH3 is 1. The molecule has 0 unspecified atom stereocenters. The lowest BCUT2D eigenvalue weighted by Crippen LogP contribution is -2.25. The zero-order valence-electron chi connectivity index (χ0n) is 15.2. The van der Waals surface area contributed by atoms with Crippen molar-refractivity contribution in [3.8, 4) is 5.75 Å². The fourth-order valence-corrected chi connectivity index (χ4v) is 3.66. The molecular weight excluding hydrogens is 344 g/mol. The van der Waals surface area contributed by atoms with Gasteiger partial charge in [0.15, 0.2) is 0 Å². The molecule has 4 nitrogen and oxygen atoms in total. The summed E-state index contributed by atoms with van der Waals surface area (Å²) in [5.41, 5.74) is 2.79. The SMILES string of the molecule is COc1c(C)cnc(CNC(=O)CSc2ccc3ccccc3c2)c1C. The van der Waals surface area contributed by atoms with Gasteiger partial charge in [-0.1, -0.05) is 30.3 Å². The van der Waals surface area contributed by atoms with Crippen LogP contribution in [0.5, 0.6) is 5.75 Å². The molecule has 0 saturated heterocycles. The van der Waals surface area contributed by atoms with Crippen LogP contribution in [0.2, 0.25) is 0 Å². The number of hydrogen-bond donors (Lipinski definition) is 1. The second kappa shape index (κ2) is 8.23. The Morgan fingerprint density at radius 2 is 1.92 bits per heavy atom. The van der Waals surface area contributed by atoms with Gasteiger partial charge in [0.25, 0.3) is 0 Å². The van der Waals surface area contributed by atoms with Crippen LogP contribution in [0.1, 0.15) is 16.8 Å². The van der Waals surface area contributed by atoms with Crippen molar-refractivity contribution in [2.75, 3.05) is 12.9 Å². The predicted octanol–water partition coefficient (Wildman–Crippen LogP) is 4.27. The molecule has 2 aromatic carbocycles. The summed E-state index contributed by atoms with van der Waals surface area (Å²) in [6.45, 7) is 4.32. The van der Waals surface area contributed by atoms with E-state index in [9.17, 15) is 4.79 Å². The van der Waals surface area contributed by atoms with Crippen molar-refractivity contribution < 1.29 is 9.53 Å². The van der Waals surface area contributed by atoms with Crippen molar-refractivity contribution in [1.29, 1.82) is 0 Å². The summed E-state index contributed by atoms with van der Waals surface area (Å²) in [6.07, 6.45) is 1.77. The molecule has 0 bridgehead atoms. The van der Waals surface area contributed by atoms with Crippen molar-refractivity contribution >= 4 is 28.4 Å². The van der Waals surface area contributed by atoms with Gasteiger partial charge in [0.05, 0.1) is 25.1 Å². The van der Waals surface area contributed by atoms with Gasteiger partial charge in [0.2, 0.25) is 5.91 Å². The lowest BCUT2D eigenvalue weighted by molar-refractivity contribution is -0.118. The van der Waals surface area contributed by atoms with Crippen LogP contribution < -0.4 is 10.1 Å². The maximum Gasteiger partial charge on any atom is 0.230 e. The number of aryl methyl sites for hydroxylation is 1. The van der Waals surface area contributed by atoms with E-state index in [1.165, 1.54) is 22.5 Å². The Bertz CT molecular complexity index is 940. The summed E-state index contributed by atoms with van der Waals surface area (Å²) < 4.78 is 5.41. The van der Waals surface area contributed by atoms with E-state index in [4.69, 9.17) is 4.74 Å². The van der Waals surface area contributed by atoms with Crippen LogP contribution in [0.25, 0.3) is 10.8 Å². The predicted molar refractivity (Wildman–Crippen MR) is 107 cm³/mol. The zero-order chi connectivity index (χ0) is 18.5. The molecule has 0 aliphatic heterocycles. The summed E-state index contributed by atoms with van der Waals surface area (Å²) in [4.78, 5) is 17.7. The number of amides is 1. The fourth-order valence-electron chi connectivity index (χ4n) is 2.89. The Balaban J connectivity index is 1.57. The van der Waals surface area contributed by atoms with Gasteiger partial charge in [-0.3, -0.25) is 9.78 Å². The first-order valence-electron chi connectivity index (χ1n) is 8.46. The molecule has 1 aromatic heterocycles. The summed E-state index contributed by atoms with van der Waals surface area (Å²) in [6, 6.07) is 14.5. The number of benzene rings is 2. The molecule has 0 aliphatic carbocycles. The van der Waals surface area contributed by atoms with Crippen molar-refractivity contribution in [2.45, 2.75) is 25.3 Å². The van der Waals surface area contributed by atoms with Crippen LogP contribution in [0, 0.1) is 13.8 Å². The lowest BCUT2D eigenvalue weighted by atomic mass is 10.1. The molecule has 26 heavy (non-hydrogen) atoms. The first-order chi connectivity index (χ1) is 12.6. The number of rotatable bonds is 6. The van der Waals surface area contributed by atoms with Gasteiger partial charge in [0.1, 0.15) is 5.75 Å². The summed E-state index contributed by atoms with van der Waals surface area (Å²) in [5.74, 6) is 1.19. The zero-order valence-corrected chi connectivity index (χ0v) is 16.0. The minimum Gasteiger partial charge on any atom is -0.496 e. The Hall–Kier alpha value is -2.53. The number of thioether (sulfide) groups is 1. The van der Waals surface area contributed by atoms with Crippen LogP contribution in [0.15, 0.2) is 53.6 Å². The van der Waals surface area contributed by atoms with E-state index < -0.39 is 0 Å². The van der Waals surface area contributed by atoms with Crippen molar-refractivity contribution in [3.63, 3.8) is 0 Å². The number of carbonyl (C=O) groups is 1.